The van der Waals surface area contributed by atoms with E-state index in [4.69, 9.17) is 0 Å². The van der Waals surface area contributed by atoms with Crippen LogP contribution in [0.15, 0.2) is 41.4 Å². The van der Waals surface area contributed by atoms with Crippen LogP contribution in [-0.2, 0) is 13.0 Å². The summed E-state index contributed by atoms with van der Waals surface area (Å²) in [5.74, 6) is -0.914. The molecule has 0 saturated heterocycles. The topological polar surface area (TPSA) is 55.1 Å². The van der Waals surface area contributed by atoms with Gasteiger partial charge in [-0.25, -0.2) is 9.78 Å². The first kappa shape index (κ1) is 11.9. The lowest BCUT2D eigenvalue weighted by atomic mass is 10.1. The monoisotopic (exact) mass is 272 g/mol. The summed E-state index contributed by atoms with van der Waals surface area (Å²) >= 11 is 1.67. The summed E-state index contributed by atoms with van der Waals surface area (Å²) in [6, 6.07) is 7.26. The van der Waals surface area contributed by atoms with Gasteiger partial charge >= 0.3 is 5.97 Å². The molecule has 0 aliphatic carbocycles. The molecule has 2 aromatic heterocycles. The first-order chi connectivity index (χ1) is 9.25. The van der Waals surface area contributed by atoms with Crippen LogP contribution < -0.4 is 0 Å². The number of thiophene rings is 1. The summed E-state index contributed by atoms with van der Waals surface area (Å²) in [6.45, 7) is 0.734. The average Bonchev–Trinajstić information content (AvgIpc) is 3.05. The fourth-order valence-corrected chi connectivity index (χ4v) is 2.86. The molecule has 0 aliphatic heterocycles. The molecule has 0 fully saturated rings. The summed E-state index contributed by atoms with van der Waals surface area (Å²) in [4.78, 5) is 15.5. The highest BCUT2D eigenvalue weighted by molar-refractivity contribution is 7.07. The number of aromatic carboxylic acids is 1. The van der Waals surface area contributed by atoms with Gasteiger partial charge in [0.2, 0.25) is 0 Å². The lowest BCUT2D eigenvalue weighted by molar-refractivity contribution is 0.0698. The van der Waals surface area contributed by atoms with E-state index in [1.165, 1.54) is 5.56 Å². The molecule has 0 atom stereocenters. The van der Waals surface area contributed by atoms with E-state index >= 15 is 0 Å². The van der Waals surface area contributed by atoms with Gasteiger partial charge in [-0.15, -0.1) is 0 Å². The number of carbonyl (C=O) groups is 1. The third kappa shape index (κ3) is 2.24. The van der Waals surface area contributed by atoms with E-state index in [1.54, 1.807) is 29.8 Å². The molecule has 3 rings (SSSR count). The van der Waals surface area contributed by atoms with Crippen LogP contribution in [0.2, 0.25) is 0 Å². The number of carboxylic acids is 1. The molecular formula is C14H12N2O2S. The Morgan fingerprint density at radius 2 is 2.26 bits per heavy atom. The fourth-order valence-electron chi connectivity index (χ4n) is 2.15. The molecule has 0 radical (unpaired) electrons. The van der Waals surface area contributed by atoms with Crippen LogP contribution in [0.1, 0.15) is 15.9 Å². The molecule has 1 N–H and O–H groups in total. The van der Waals surface area contributed by atoms with Crippen molar-refractivity contribution in [3.05, 3.63) is 52.5 Å². The molecule has 5 heteroatoms. The van der Waals surface area contributed by atoms with Crippen molar-refractivity contribution in [1.29, 1.82) is 0 Å². The molecule has 4 nitrogen and oxygen atoms in total. The zero-order chi connectivity index (χ0) is 13.2. The van der Waals surface area contributed by atoms with Crippen molar-refractivity contribution in [2.75, 3.05) is 0 Å². The van der Waals surface area contributed by atoms with Gasteiger partial charge in [-0.2, -0.15) is 11.3 Å². The molecule has 0 amide bonds. The number of hydrogen-bond donors (Lipinski definition) is 1. The van der Waals surface area contributed by atoms with Gasteiger partial charge in [0.05, 0.1) is 22.9 Å². The number of benzene rings is 1. The minimum atomic E-state index is -0.914. The molecule has 0 aliphatic rings. The van der Waals surface area contributed by atoms with E-state index in [1.807, 2.05) is 16.0 Å². The van der Waals surface area contributed by atoms with Gasteiger partial charge in [0.15, 0.2) is 0 Å². The minimum Gasteiger partial charge on any atom is -0.478 e. The Labute approximate surface area is 113 Å². The Bertz CT molecular complexity index is 716. The molecule has 0 bridgehead atoms. The highest BCUT2D eigenvalue weighted by Crippen LogP contribution is 2.19. The fraction of sp³-hybridized carbons (Fsp3) is 0.143. The Balaban J connectivity index is 1.97. The van der Waals surface area contributed by atoms with Crippen LogP contribution in [0.5, 0.6) is 0 Å². The SMILES string of the molecule is O=C(O)c1cccc2ncn(CCc3ccsc3)c12. The summed E-state index contributed by atoms with van der Waals surface area (Å²) in [7, 11) is 0. The standard InChI is InChI=1S/C14H12N2O2S/c17-14(18)11-2-1-3-12-13(11)16(9-15-12)6-4-10-5-7-19-8-10/h1-3,5,7-9H,4,6H2,(H,17,18). The molecule has 0 saturated carbocycles. The van der Waals surface area contributed by atoms with Crippen molar-refractivity contribution in [2.24, 2.45) is 0 Å². The molecule has 96 valence electrons. The van der Waals surface area contributed by atoms with E-state index in [2.05, 4.69) is 16.4 Å². The molecule has 2 heterocycles. The Morgan fingerprint density at radius 3 is 3.00 bits per heavy atom. The number of para-hydroxylation sites is 1. The lowest BCUT2D eigenvalue weighted by Gasteiger charge is -2.05. The highest BCUT2D eigenvalue weighted by Gasteiger charge is 2.12. The molecule has 0 spiro atoms. The first-order valence-corrected chi connectivity index (χ1v) is 6.88. The maximum atomic E-state index is 11.3. The van der Waals surface area contributed by atoms with Gasteiger partial charge in [-0.1, -0.05) is 6.07 Å². The third-order valence-electron chi connectivity index (χ3n) is 3.09. The summed E-state index contributed by atoms with van der Waals surface area (Å²) in [5.41, 5.74) is 3.00. The molecule has 1 aromatic carbocycles. The number of carboxylic acid groups (broad SMARTS) is 1. The van der Waals surface area contributed by atoms with Crippen LogP contribution in [0.4, 0.5) is 0 Å². The van der Waals surface area contributed by atoms with Crippen molar-refractivity contribution in [3.8, 4) is 0 Å². The molecule has 3 aromatic rings. The second kappa shape index (κ2) is 4.85. The predicted molar refractivity (Wildman–Crippen MR) is 74.7 cm³/mol. The Hall–Kier alpha value is -2.14. The maximum absolute atomic E-state index is 11.3. The van der Waals surface area contributed by atoms with Crippen LogP contribution in [-0.4, -0.2) is 20.6 Å². The van der Waals surface area contributed by atoms with Crippen molar-refractivity contribution in [3.63, 3.8) is 0 Å². The zero-order valence-corrected chi connectivity index (χ0v) is 10.9. The van der Waals surface area contributed by atoms with Gasteiger partial charge in [0.25, 0.3) is 0 Å². The number of fused-ring (bicyclic) bond motifs is 1. The number of aryl methyl sites for hydroxylation is 2. The molecule has 19 heavy (non-hydrogen) atoms. The second-order valence-electron chi connectivity index (χ2n) is 4.30. The van der Waals surface area contributed by atoms with Gasteiger partial charge in [-0.05, 0) is 40.9 Å². The average molecular weight is 272 g/mol. The number of aromatic nitrogens is 2. The van der Waals surface area contributed by atoms with Gasteiger partial charge in [-0.3, -0.25) is 0 Å². The van der Waals surface area contributed by atoms with Gasteiger partial charge in [0.1, 0.15) is 0 Å². The summed E-state index contributed by atoms with van der Waals surface area (Å²) < 4.78 is 1.91. The summed E-state index contributed by atoms with van der Waals surface area (Å²) in [5, 5.41) is 13.4. The summed E-state index contributed by atoms with van der Waals surface area (Å²) in [6.07, 6.45) is 2.59. The van der Waals surface area contributed by atoms with Crippen LogP contribution in [0, 0.1) is 0 Å². The second-order valence-corrected chi connectivity index (χ2v) is 5.08. The first-order valence-electron chi connectivity index (χ1n) is 5.94. The van der Waals surface area contributed by atoms with Gasteiger partial charge in [0, 0.05) is 6.54 Å². The van der Waals surface area contributed by atoms with Crippen LogP contribution >= 0.6 is 11.3 Å². The van der Waals surface area contributed by atoms with E-state index in [9.17, 15) is 9.90 Å². The maximum Gasteiger partial charge on any atom is 0.337 e. The quantitative estimate of drug-likeness (QED) is 0.794. The van der Waals surface area contributed by atoms with Crippen molar-refractivity contribution in [2.45, 2.75) is 13.0 Å². The van der Waals surface area contributed by atoms with E-state index in [0.29, 0.717) is 11.1 Å². The zero-order valence-electron chi connectivity index (χ0n) is 10.1. The lowest BCUT2D eigenvalue weighted by Crippen LogP contribution is -2.04. The normalized spacial score (nSPS) is 10.9. The van der Waals surface area contributed by atoms with E-state index in [0.717, 1.165) is 18.5 Å². The number of hydrogen-bond acceptors (Lipinski definition) is 3. The van der Waals surface area contributed by atoms with Crippen LogP contribution in [0.25, 0.3) is 11.0 Å². The molecule has 0 unspecified atom stereocenters. The van der Waals surface area contributed by atoms with Crippen LogP contribution in [0.3, 0.4) is 0 Å². The van der Waals surface area contributed by atoms with Crippen molar-refractivity contribution >= 4 is 28.3 Å². The Morgan fingerprint density at radius 1 is 1.37 bits per heavy atom. The number of imidazole rings is 1. The van der Waals surface area contributed by atoms with Crippen molar-refractivity contribution < 1.29 is 9.90 Å². The largest absolute Gasteiger partial charge is 0.478 e. The highest BCUT2D eigenvalue weighted by atomic mass is 32.1. The minimum absolute atomic E-state index is 0.306. The van der Waals surface area contributed by atoms with Gasteiger partial charge < -0.3 is 9.67 Å². The number of nitrogens with zero attached hydrogens (tertiary/aromatic N) is 2. The van der Waals surface area contributed by atoms with E-state index in [-0.39, 0.29) is 0 Å². The predicted octanol–water partition coefficient (Wildman–Crippen LogP) is 3.04. The smallest absolute Gasteiger partial charge is 0.337 e. The third-order valence-corrected chi connectivity index (χ3v) is 3.82. The molecular weight excluding hydrogens is 260 g/mol. The van der Waals surface area contributed by atoms with E-state index < -0.39 is 5.97 Å². The number of rotatable bonds is 4. The Kier molecular flexibility index (Phi) is 3.05. The van der Waals surface area contributed by atoms with Crippen molar-refractivity contribution in [1.82, 2.24) is 9.55 Å².